The van der Waals surface area contributed by atoms with Crippen molar-refractivity contribution >= 4 is 44.4 Å². The Morgan fingerprint density at radius 1 is 1.19 bits per heavy atom. The van der Waals surface area contributed by atoms with Crippen LogP contribution in [0.4, 0.5) is 5.69 Å². The molecule has 0 unspecified atom stereocenters. The number of thiazole rings is 1. The van der Waals surface area contributed by atoms with Gasteiger partial charge in [0.15, 0.2) is 0 Å². The number of rotatable bonds is 6. The van der Waals surface area contributed by atoms with Crippen LogP contribution in [0.1, 0.15) is 22.3 Å². The number of carbonyl (C=O) groups is 1. The Morgan fingerprint density at radius 3 is 2.54 bits per heavy atom. The molecule has 0 spiro atoms. The van der Waals surface area contributed by atoms with Gasteiger partial charge in [-0.25, -0.2) is 18.2 Å². The number of esters is 1. The number of nitrogens with zero attached hydrogens (tertiary/aromatic N) is 1. The fourth-order valence-electron chi connectivity index (χ4n) is 2.17. The fourth-order valence-corrected chi connectivity index (χ4v) is 5.19. The number of ether oxygens (including phenoxy) is 1. The van der Waals surface area contributed by atoms with E-state index in [0.29, 0.717) is 11.3 Å². The topological polar surface area (TPSA) is 85.4 Å². The number of hydrogen-bond acceptors (Lipinski definition) is 7. The molecule has 0 saturated carbocycles. The second-order valence-corrected chi connectivity index (χ2v) is 9.33. The summed E-state index contributed by atoms with van der Waals surface area (Å²) in [6.45, 7) is 3.91. The van der Waals surface area contributed by atoms with Gasteiger partial charge in [-0.15, -0.1) is 22.7 Å². The number of sulfonamides is 1. The molecule has 2 aromatic heterocycles. The maximum Gasteiger partial charge on any atom is 0.338 e. The summed E-state index contributed by atoms with van der Waals surface area (Å²) in [7, 11) is -3.71. The number of aromatic nitrogens is 1. The Kier molecular flexibility index (Phi) is 5.40. The third kappa shape index (κ3) is 4.12. The van der Waals surface area contributed by atoms with E-state index in [1.807, 2.05) is 12.3 Å². The summed E-state index contributed by atoms with van der Waals surface area (Å²) < 4.78 is 32.7. The van der Waals surface area contributed by atoms with Crippen molar-refractivity contribution in [3.8, 4) is 10.6 Å². The number of carbonyl (C=O) groups excluding carboxylic acids is 1. The van der Waals surface area contributed by atoms with Crippen molar-refractivity contribution in [2.24, 2.45) is 0 Å². The molecular formula is C17H16N2O4S3. The van der Waals surface area contributed by atoms with E-state index in [1.165, 1.54) is 35.6 Å². The monoisotopic (exact) mass is 408 g/mol. The van der Waals surface area contributed by atoms with E-state index in [0.717, 1.165) is 26.9 Å². The van der Waals surface area contributed by atoms with E-state index < -0.39 is 16.0 Å². The minimum Gasteiger partial charge on any atom is -0.462 e. The largest absolute Gasteiger partial charge is 0.462 e. The number of anilines is 1. The average molecular weight is 409 g/mol. The molecule has 0 atom stereocenters. The molecule has 26 heavy (non-hydrogen) atoms. The van der Waals surface area contributed by atoms with Gasteiger partial charge in [0, 0.05) is 11.1 Å². The molecule has 6 nitrogen and oxygen atoms in total. The lowest BCUT2D eigenvalue weighted by atomic mass is 10.2. The SMILES string of the molecule is CCOC(=O)c1ccc(NS(=O)(=O)c2ccc(-c3csc(C)n3)s2)cc1. The van der Waals surface area contributed by atoms with Crippen molar-refractivity contribution in [1.82, 2.24) is 4.98 Å². The molecule has 0 amide bonds. The third-order valence-electron chi connectivity index (χ3n) is 3.37. The lowest BCUT2D eigenvalue weighted by Gasteiger charge is -2.07. The minimum atomic E-state index is -3.71. The van der Waals surface area contributed by atoms with Gasteiger partial charge in [-0.2, -0.15) is 0 Å². The van der Waals surface area contributed by atoms with Gasteiger partial charge in [-0.1, -0.05) is 0 Å². The molecule has 0 fully saturated rings. The maximum absolute atomic E-state index is 12.6. The van der Waals surface area contributed by atoms with Crippen LogP contribution in [0, 0.1) is 6.92 Å². The molecule has 2 heterocycles. The van der Waals surface area contributed by atoms with Gasteiger partial charge in [0.25, 0.3) is 10.0 Å². The van der Waals surface area contributed by atoms with Gasteiger partial charge in [0.2, 0.25) is 0 Å². The number of hydrogen-bond donors (Lipinski definition) is 1. The van der Waals surface area contributed by atoms with Crippen molar-refractivity contribution in [1.29, 1.82) is 0 Å². The zero-order chi connectivity index (χ0) is 18.7. The Bertz CT molecular complexity index is 1020. The van der Waals surface area contributed by atoms with Gasteiger partial charge in [-0.05, 0) is 50.2 Å². The molecule has 136 valence electrons. The Hall–Kier alpha value is -2.23. The highest BCUT2D eigenvalue weighted by Crippen LogP contribution is 2.32. The molecule has 3 rings (SSSR count). The molecule has 9 heteroatoms. The van der Waals surface area contributed by atoms with Crippen molar-refractivity contribution in [2.45, 2.75) is 18.1 Å². The summed E-state index contributed by atoms with van der Waals surface area (Å²) >= 11 is 2.68. The van der Waals surface area contributed by atoms with Crippen LogP contribution in [-0.2, 0) is 14.8 Å². The number of nitrogens with one attached hydrogen (secondary N) is 1. The first-order valence-corrected chi connectivity index (χ1v) is 10.9. The summed E-state index contributed by atoms with van der Waals surface area (Å²) in [5, 5.41) is 2.83. The Labute approximate surface area is 159 Å². The van der Waals surface area contributed by atoms with E-state index in [1.54, 1.807) is 19.1 Å². The first-order chi connectivity index (χ1) is 12.4. The molecule has 0 saturated heterocycles. The molecule has 3 aromatic rings. The maximum atomic E-state index is 12.6. The molecule has 0 aliphatic rings. The van der Waals surface area contributed by atoms with Crippen molar-refractivity contribution in [3.63, 3.8) is 0 Å². The van der Waals surface area contributed by atoms with Gasteiger partial charge in [0.05, 0.1) is 27.7 Å². The highest BCUT2D eigenvalue weighted by molar-refractivity contribution is 7.94. The van der Waals surface area contributed by atoms with Gasteiger partial charge >= 0.3 is 5.97 Å². The molecule has 0 radical (unpaired) electrons. The molecule has 1 N–H and O–H groups in total. The van der Waals surface area contributed by atoms with Crippen LogP contribution in [0.25, 0.3) is 10.6 Å². The quantitative estimate of drug-likeness (QED) is 0.619. The average Bonchev–Trinajstić information content (AvgIpc) is 3.24. The predicted molar refractivity (Wildman–Crippen MR) is 103 cm³/mol. The summed E-state index contributed by atoms with van der Waals surface area (Å²) in [5.74, 6) is -0.441. The highest BCUT2D eigenvalue weighted by atomic mass is 32.2. The van der Waals surface area contributed by atoms with Gasteiger partial charge < -0.3 is 4.74 Å². The normalized spacial score (nSPS) is 11.3. The van der Waals surface area contributed by atoms with Crippen LogP contribution in [-0.4, -0.2) is 26.0 Å². The number of thiophene rings is 1. The number of aryl methyl sites for hydroxylation is 1. The predicted octanol–water partition coefficient (Wildman–Crippen LogP) is 4.16. The van der Waals surface area contributed by atoms with Crippen LogP contribution in [0.15, 0.2) is 46.0 Å². The van der Waals surface area contributed by atoms with E-state index in [2.05, 4.69) is 9.71 Å². The van der Waals surface area contributed by atoms with Gasteiger partial charge in [0.1, 0.15) is 4.21 Å². The van der Waals surface area contributed by atoms with Crippen LogP contribution >= 0.6 is 22.7 Å². The molecule has 0 aliphatic carbocycles. The van der Waals surface area contributed by atoms with E-state index in [4.69, 9.17) is 4.74 Å². The van der Waals surface area contributed by atoms with Crippen LogP contribution in [0.5, 0.6) is 0 Å². The second kappa shape index (κ2) is 7.56. The smallest absolute Gasteiger partial charge is 0.338 e. The van der Waals surface area contributed by atoms with Crippen LogP contribution < -0.4 is 4.72 Å². The first-order valence-electron chi connectivity index (χ1n) is 7.71. The lowest BCUT2D eigenvalue weighted by Crippen LogP contribution is -2.11. The van der Waals surface area contributed by atoms with Crippen molar-refractivity contribution in [3.05, 3.63) is 52.3 Å². The Morgan fingerprint density at radius 2 is 1.92 bits per heavy atom. The van der Waals surface area contributed by atoms with Gasteiger partial charge in [-0.3, -0.25) is 4.72 Å². The van der Waals surface area contributed by atoms with Crippen molar-refractivity contribution < 1.29 is 17.9 Å². The van der Waals surface area contributed by atoms with E-state index >= 15 is 0 Å². The van der Waals surface area contributed by atoms with E-state index in [9.17, 15) is 13.2 Å². The second-order valence-electron chi connectivity index (χ2n) is 5.27. The highest BCUT2D eigenvalue weighted by Gasteiger charge is 2.18. The van der Waals surface area contributed by atoms with Crippen molar-refractivity contribution in [2.75, 3.05) is 11.3 Å². The third-order valence-corrected chi connectivity index (χ3v) is 7.12. The first kappa shape index (κ1) is 18.6. The molecule has 0 bridgehead atoms. The van der Waals surface area contributed by atoms with Crippen LogP contribution in [0.3, 0.4) is 0 Å². The zero-order valence-electron chi connectivity index (χ0n) is 14.1. The minimum absolute atomic E-state index is 0.202. The lowest BCUT2D eigenvalue weighted by molar-refractivity contribution is 0.0526. The summed E-state index contributed by atoms with van der Waals surface area (Å²) in [4.78, 5) is 16.8. The number of benzene rings is 1. The molecule has 1 aromatic carbocycles. The van der Waals surface area contributed by atoms with Crippen LogP contribution in [0.2, 0.25) is 0 Å². The standard InChI is InChI=1S/C17H16N2O4S3/c1-3-23-17(20)12-4-6-13(7-5-12)19-26(21,22)16-9-8-15(25-16)14-10-24-11(2)18-14/h4-10,19H,3H2,1-2H3. The summed E-state index contributed by atoms with van der Waals surface area (Å²) in [6.07, 6.45) is 0. The summed E-state index contributed by atoms with van der Waals surface area (Å²) in [5.41, 5.74) is 1.52. The zero-order valence-corrected chi connectivity index (χ0v) is 16.5. The van der Waals surface area contributed by atoms with E-state index in [-0.39, 0.29) is 10.8 Å². The Balaban J connectivity index is 1.77. The molecule has 0 aliphatic heterocycles. The fraction of sp³-hybridized carbons (Fsp3) is 0.176. The molecular weight excluding hydrogens is 392 g/mol. The summed E-state index contributed by atoms with van der Waals surface area (Å²) in [6, 6.07) is 9.41.